The zero-order valence-corrected chi connectivity index (χ0v) is 10.6. The van der Waals surface area contributed by atoms with Gasteiger partial charge in [-0.2, -0.15) is 0 Å². The summed E-state index contributed by atoms with van der Waals surface area (Å²) in [5.41, 5.74) is 2.29. The number of benzene rings is 3. The van der Waals surface area contributed by atoms with Crippen molar-refractivity contribution in [1.82, 2.24) is 0 Å². The number of halogens is 1. The van der Waals surface area contributed by atoms with Gasteiger partial charge in [-0.25, -0.2) is 4.39 Å². The van der Waals surface area contributed by atoms with Crippen LogP contribution < -0.4 is 5.46 Å². The maximum atomic E-state index is 13.0. The molecule has 3 aromatic carbocycles. The first-order valence-electron chi connectivity index (χ1n) is 6.30. The summed E-state index contributed by atoms with van der Waals surface area (Å²) < 4.78 is 13.0. The molecule has 0 saturated carbocycles. The van der Waals surface area contributed by atoms with Crippen molar-refractivity contribution in [3.63, 3.8) is 0 Å². The molecule has 20 heavy (non-hydrogen) atoms. The van der Waals surface area contributed by atoms with E-state index >= 15 is 0 Å². The molecule has 3 rings (SSSR count). The van der Waals surface area contributed by atoms with E-state index in [2.05, 4.69) is 0 Å². The van der Waals surface area contributed by atoms with Crippen molar-refractivity contribution in [2.45, 2.75) is 0 Å². The average Bonchev–Trinajstić information content (AvgIpc) is 2.47. The molecule has 2 nitrogen and oxygen atoms in total. The Labute approximate surface area is 116 Å². The SMILES string of the molecule is OB(O)c1ccc(-c2ccc(F)cc2)c2ccccc12. The van der Waals surface area contributed by atoms with Crippen LogP contribution in [0.5, 0.6) is 0 Å². The highest BCUT2D eigenvalue weighted by atomic mass is 19.1. The lowest BCUT2D eigenvalue weighted by molar-refractivity contribution is 0.426. The summed E-state index contributed by atoms with van der Waals surface area (Å²) in [6, 6.07) is 17.3. The Balaban J connectivity index is 2.27. The molecule has 2 N–H and O–H groups in total. The quantitative estimate of drug-likeness (QED) is 0.699. The van der Waals surface area contributed by atoms with Gasteiger partial charge < -0.3 is 10.0 Å². The molecule has 0 heterocycles. The van der Waals surface area contributed by atoms with Gasteiger partial charge in [0.1, 0.15) is 5.82 Å². The summed E-state index contributed by atoms with van der Waals surface area (Å²) in [7, 11) is -1.51. The van der Waals surface area contributed by atoms with Crippen LogP contribution >= 0.6 is 0 Å². The molecule has 0 fully saturated rings. The van der Waals surface area contributed by atoms with Gasteiger partial charge >= 0.3 is 7.12 Å². The van der Waals surface area contributed by atoms with Gasteiger partial charge in [-0.1, -0.05) is 48.5 Å². The van der Waals surface area contributed by atoms with Gasteiger partial charge in [0.2, 0.25) is 0 Å². The predicted molar refractivity (Wildman–Crippen MR) is 79.2 cm³/mol. The van der Waals surface area contributed by atoms with E-state index in [0.717, 1.165) is 21.9 Å². The maximum absolute atomic E-state index is 13.0. The molecule has 0 atom stereocenters. The Morgan fingerprint density at radius 2 is 1.40 bits per heavy atom. The Kier molecular flexibility index (Phi) is 3.26. The normalized spacial score (nSPS) is 10.8. The van der Waals surface area contributed by atoms with Crippen LogP contribution in [-0.4, -0.2) is 17.2 Å². The zero-order valence-electron chi connectivity index (χ0n) is 10.6. The van der Waals surface area contributed by atoms with Crippen LogP contribution in [0, 0.1) is 5.82 Å². The number of hydrogen-bond acceptors (Lipinski definition) is 2. The van der Waals surface area contributed by atoms with Gasteiger partial charge in [-0.3, -0.25) is 0 Å². The van der Waals surface area contributed by atoms with E-state index in [4.69, 9.17) is 0 Å². The van der Waals surface area contributed by atoms with Crippen molar-refractivity contribution in [2.24, 2.45) is 0 Å². The molecule has 0 saturated heterocycles. The minimum Gasteiger partial charge on any atom is -0.423 e. The number of rotatable bonds is 2. The molecule has 0 aliphatic heterocycles. The lowest BCUT2D eigenvalue weighted by Gasteiger charge is -2.11. The Morgan fingerprint density at radius 1 is 0.750 bits per heavy atom. The minimum absolute atomic E-state index is 0.277. The van der Waals surface area contributed by atoms with Crippen LogP contribution in [0.2, 0.25) is 0 Å². The van der Waals surface area contributed by atoms with Gasteiger partial charge in [0.25, 0.3) is 0 Å². The van der Waals surface area contributed by atoms with Gasteiger partial charge in [0.05, 0.1) is 0 Å². The lowest BCUT2D eigenvalue weighted by Crippen LogP contribution is -2.30. The summed E-state index contributed by atoms with van der Waals surface area (Å²) in [5.74, 6) is -0.277. The first-order chi connectivity index (χ1) is 9.66. The number of hydrogen-bond donors (Lipinski definition) is 2. The minimum atomic E-state index is -1.51. The molecule has 0 aliphatic rings. The topological polar surface area (TPSA) is 40.5 Å². The Hall–Kier alpha value is -2.17. The monoisotopic (exact) mass is 266 g/mol. The summed E-state index contributed by atoms with van der Waals surface area (Å²) in [5, 5.41) is 20.5. The highest BCUT2D eigenvalue weighted by molar-refractivity contribution is 6.62. The first-order valence-corrected chi connectivity index (χ1v) is 6.30. The predicted octanol–water partition coefficient (Wildman–Crippen LogP) is 2.33. The fraction of sp³-hybridized carbons (Fsp3) is 0. The highest BCUT2D eigenvalue weighted by Gasteiger charge is 2.16. The molecule has 0 aliphatic carbocycles. The van der Waals surface area contributed by atoms with Gasteiger partial charge in [-0.15, -0.1) is 0 Å². The average molecular weight is 266 g/mol. The molecule has 0 spiro atoms. The second-order valence-corrected chi connectivity index (χ2v) is 4.63. The molecule has 0 unspecified atom stereocenters. The smallest absolute Gasteiger partial charge is 0.423 e. The van der Waals surface area contributed by atoms with Gasteiger partial charge in [0.15, 0.2) is 0 Å². The Morgan fingerprint density at radius 3 is 2.05 bits per heavy atom. The molecule has 98 valence electrons. The van der Waals surface area contributed by atoms with E-state index in [1.807, 2.05) is 30.3 Å². The largest absolute Gasteiger partial charge is 0.489 e. The fourth-order valence-corrected chi connectivity index (χ4v) is 2.43. The summed E-state index contributed by atoms with van der Waals surface area (Å²) in [4.78, 5) is 0. The fourth-order valence-electron chi connectivity index (χ4n) is 2.43. The van der Waals surface area contributed by atoms with Crippen molar-refractivity contribution in [3.8, 4) is 11.1 Å². The van der Waals surface area contributed by atoms with E-state index in [1.54, 1.807) is 18.2 Å². The summed E-state index contributed by atoms with van der Waals surface area (Å²) in [6.07, 6.45) is 0. The molecule has 0 radical (unpaired) electrons. The van der Waals surface area contributed by atoms with E-state index in [-0.39, 0.29) is 5.82 Å². The van der Waals surface area contributed by atoms with E-state index in [1.165, 1.54) is 12.1 Å². The second kappa shape index (κ2) is 5.08. The van der Waals surface area contributed by atoms with E-state index < -0.39 is 7.12 Å². The lowest BCUT2D eigenvalue weighted by atomic mass is 9.76. The standard InChI is InChI=1S/C16H12BFO2/c18-12-7-5-11(6-8-12)13-9-10-16(17(19)20)15-4-2-1-3-14(13)15/h1-10,19-20H. The first kappa shape index (κ1) is 12.8. The molecule has 0 amide bonds. The van der Waals surface area contributed by atoms with Crippen molar-refractivity contribution in [3.05, 3.63) is 66.5 Å². The van der Waals surface area contributed by atoms with Crippen molar-refractivity contribution < 1.29 is 14.4 Å². The van der Waals surface area contributed by atoms with Crippen LogP contribution in [0.3, 0.4) is 0 Å². The second-order valence-electron chi connectivity index (χ2n) is 4.63. The highest BCUT2D eigenvalue weighted by Crippen LogP contribution is 2.27. The third-order valence-electron chi connectivity index (χ3n) is 3.39. The van der Waals surface area contributed by atoms with Crippen LogP contribution in [-0.2, 0) is 0 Å². The molecule has 3 aromatic rings. The third-order valence-corrected chi connectivity index (χ3v) is 3.39. The van der Waals surface area contributed by atoms with Crippen molar-refractivity contribution in [2.75, 3.05) is 0 Å². The van der Waals surface area contributed by atoms with E-state index in [0.29, 0.717) is 5.46 Å². The zero-order chi connectivity index (χ0) is 14.1. The van der Waals surface area contributed by atoms with Gasteiger partial charge in [-0.05, 0) is 39.5 Å². The number of fused-ring (bicyclic) bond motifs is 1. The van der Waals surface area contributed by atoms with Crippen molar-refractivity contribution >= 4 is 23.4 Å². The molecular formula is C16H12BFO2. The van der Waals surface area contributed by atoms with Gasteiger partial charge in [0, 0.05) is 0 Å². The summed E-state index contributed by atoms with van der Waals surface area (Å²) >= 11 is 0. The van der Waals surface area contributed by atoms with Crippen LogP contribution in [0.1, 0.15) is 0 Å². The molecular weight excluding hydrogens is 254 g/mol. The van der Waals surface area contributed by atoms with Crippen LogP contribution in [0.4, 0.5) is 4.39 Å². The van der Waals surface area contributed by atoms with Crippen LogP contribution in [0.25, 0.3) is 21.9 Å². The van der Waals surface area contributed by atoms with Crippen LogP contribution in [0.15, 0.2) is 60.7 Å². The molecule has 0 aromatic heterocycles. The van der Waals surface area contributed by atoms with Crippen molar-refractivity contribution in [1.29, 1.82) is 0 Å². The molecule has 0 bridgehead atoms. The Bertz CT molecular complexity index is 754. The maximum Gasteiger partial charge on any atom is 0.489 e. The molecule has 4 heteroatoms. The third kappa shape index (κ3) is 2.20. The van der Waals surface area contributed by atoms with E-state index in [9.17, 15) is 14.4 Å². The summed E-state index contributed by atoms with van der Waals surface area (Å²) in [6.45, 7) is 0.